The van der Waals surface area contributed by atoms with Gasteiger partial charge in [-0.05, 0) is 31.5 Å². The van der Waals surface area contributed by atoms with Crippen LogP contribution in [0.4, 0.5) is 0 Å². The standard InChI is InChI=1S/C16H22N2OS/c1-12(18(2)11-14-10-17-7-8-19-14)16-9-13-5-3-4-6-15(13)20-16/h3-6,9,12,14,17H,7-8,10-11H2,1-2H3. The molecule has 3 rings (SSSR count). The third kappa shape index (κ3) is 3.04. The van der Waals surface area contributed by atoms with Crippen LogP contribution in [0, 0.1) is 0 Å². The van der Waals surface area contributed by atoms with Crippen molar-refractivity contribution >= 4 is 21.4 Å². The summed E-state index contributed by atoms with van der Waals surface area (Å²) in [6, 6.07) is 11.4. The van der Waals surface area contributed by atoms with Gasteiger partial charge in [-0.15, -0.1) is 11.3 Å². The number of nitrogens with zero attached hydrogens (tertiary/aromatic N) is 1. The number of fused-ring (bicyclic) bond motifs is 1. The van der Waals surface area contributed by atoms with E-state index in [1.165, 1.54) is 15.0 Å². The van der Waals surface area contributed by atoms with Crippen molar-refractivity contribution in [2.24, 2.45) is 0 Å². The molecule has 1 aliphatic rings. The molecule has 0 saturated carbocycles. The van der Waals surface area contributed by atoms with Crippen molar-refractivity contribution in [2.75, 3.05) is 33.3 Å². The maximum absolute atomic E-state index is 5.79. The van der Waals surface area contributed by atoms with Gasteiger partial charge in [-0.3, -0.25) is 4.90 Å². The Labute approximate surface area is 124 Å². The molecule has 1 fully saturated rings. The molecule has 1 aromatic heterocycles. The van der Waals surface area contributed by atoms with Gasteiger partial charge < -0.3 is 10.1 Å². The van der Waals surface area contributed by atoms with E-state index in [2.05, 4.69) is 54.5 Å². The summed E-state index contributed by atoms with van der Waals surface area (Å²) in [7, 11) is 2.19. The van der Waals surface area contributed by atoms with E-state index in [1.807, 2.05) is 11.3 Å². The number of rotatable bonds is 4. The minimum atomic E-state index is 0.311. The summed E-state index contributed by atoms with van der Waals surface area (Å²) in [5.74, 6) is 0. The van der Waals surface area contributed by atoms with Crippen molar-refractivity contribution in [3.8, 4) is 0 Å². The minimum Gasteiger partial charge on any atom is -0.374 e. The zero-order valence-electron chi connectivity index (χ0n) is 12.1. The van der Waals surface area contributed by atoms with Crippen molar-refractivity contribution in [1.82, 2.24) is 10.2 Å². The fourth-order valence-electron chi connectivity index (χ4n) is 2.64. The molecule has 1 aliphatic heterocycles. The summed E-state index contributed by atoms with van der Waals surface area (Å²) >= 11 is 1.90. The molecule has 1 N–H and O–H groups in total. The highest BCUT2D eigenvalue weighted by Gasteiger charge is 2.20. The molecule has 0 spiro atoms. The quantitative estimate of drug-likeness (QED) is 0.937. The molecule has 1 saturated heterocycles. The van der Waals surface area contributed by atoms with Crippen LogP contribution in [-0.2, 0) is 4.74 Å². The monoisotopic (exact) mass is 290 g/mol. The minimum absolute atomic E-state index is 0.311. The lowest BCUT2D eigenvalue weighted by molar-refractivity contribution is 0.00417. The van der Waals surface area contributed by atoms with Crippen molar-refractivity contribution in [1.29, 1.82) is 0 Å². The van der Waals surface area contributed by atoms with Gasteiger partial charge in [-0.1, -0.05) is 18.2 Å². The molecule has 20 heavy (non-hydrogen) atoms. The van der Waals surface area contributed by atoms with Gasteiger partial charge in [0, 0.05) is 35.3 Å². The predicted octanol–water partition coefficient (Wildman–Crippen LogP) is 2.88. The highest BCUT2D eigenvalue weighted by molar-refractivity contribution is 7.19. The van der Waals surface area contributed by atoms with Gasteiger partial charge in [-0.2, -0.15) is 0 Å². The second-order valence-electron chi connectivity index (χ2n) is 5.50. The Bertz CT molecular complexity index is 529. The topological polar surface area (TPSA) is 24.5 Å². The highest BCUT2D eigenvalue weighted by Crippen LogP contribution is 2.32. The van der Waals surface area contributed by atoms with E-state index in [4.69, 9.17) is 4.74 Å². The van der Waals surface area contributed by atoms with E-state index >= 15 is 0 Å². The number of morpholine rings is 1. The number of benzene rings is 1. The number of nitrogens with one attached hydrogen (secondary N) is 1. The lowest BCUT2D eigenvalue weighted by atomic mass is 10.2. The average molecular weight is 290 g/mol. The van der Waals surface area contributed by atoms with Crippen LogP contribution in [0.5, 0.6) is 0 Å². The van der Waals surface area contributed by atoms with E-state index in [0.717, 1.165) is 26.2 Å². The van der Waals surface area contributed by atoms with E-state index in [9.17, 15) is 0 Å². The van der Waals surface area contributed by atoms with Crippen LogP contribution in [0.3, 0.4) is 0 Å². The number of hydrogen-bond acceptors (Lipinski definition) is 4. The smallest absolute Gasteiger partial charge is 0.0826 e. The molecule has 2 aromatic rings. The van der Waals surface area contributed by atoms with Crippen molar-refractivity contribution in [3.05, 3.63) is 35.2 Å². The molecule has 1 aromatic carbocycles. The Morgan fingerprint density at radius 2 is 2.30 bits per heavy atom. The molecular weight excluding hydrogens is 268 g/mol. The molecule has 0 radical (unpaired) electrons. The van der Waals surface area contributed by atoms with Crippen LogP contribution in [0.2, 0.25) is 0 Å². The fraction of sp³-hybridized carbons (Fsp3) is 0.500. The second kappa shape index (κ2) is 6.22. The largest absolute Gasteiger partial charge is 0.374 e. The van der Waals surface area contributed by atoms with Gasteiger partial charge in [0.1, 0.15) is 0 Å². The molecule has 0 aliphatic carbocycles. The zero-order chi connectivity index (χ0) is 13.9. The lowest BCUT2D eigenvalue weighted by Crippen LogP contribution is -2.44. The van der Waals surface area contributed by atoms with Gasteiger partial charge in [0.2, 0.25) is 0 Å². The molecule has 0 amide bonds. The Morgan fingerprint density at radius 1 is 1.45 bits per heavy atom. The zero-order valence-corrected chi connectivity index (χ0v) is 13.0. The van der Waals surface area contributed by atoms with Gasteiger partial charge >= 0.3 is 0 Å². The maximum atomic E-state index is 5.79. The molecule has 0 bridgehead atoms. The third-order valence-electron chi connectivity index (χ3n) is 4.01. The van der Waals surface area contributed by atoms with Crippen LogP contribution in [0.25, 0.3) is 10.1 Å². The first-order chi connectivity index (χ1) is 9.74. The van der Waals surface area contributed by atoms with Gasteiger partial charge in [0.25, 0.3) is 0 Å². The summed E-state index contributed by atoms with van der Waals surface area (Å²) in [5.41, 5.74) is 0. The van der Waals surface area contributed by atoms with Crippen LogP contribution in [0.15, 0.2) is 30.3 Å². The molecule has 2 unspecified atom stereocenters. The molecule has 2 atom stereocenters. The van der Waals surface area contributed by atoms with Gasteiger partial charge in [0.05, 0.1) is 12.7 Å². The number of likely N-dealkylation sites (N-methyl/N-ethyl adjacent to an activating group) is 1. The van der Waals surface area contributed by atoms with Gasteiger partial charge in [-0.25, -0.2) is 0 Å². The van der Waals surface area contributed by atoms with Crippen molar-refractivity contribution < 1.29 is 4.74 Å². The summed E-state index contributed by atoms with van der Waals surface area (Å²) in [6.07, 6.45) is 0.311. The highest BCUT2D eigenvalue weighted by atomic mass is 32.1. The van der Waals surface area contributed by atoms with Crippen LogP contribution >= 0.6 is 11.3 Å². The van der Waals surface area contributed by atoms with Crippen molar-refractivity contribution in [2.45, 2.75) is 19.1 Å². The number of ether oxygens (including phenoxy) is 1. The third-order valence-corrected chi connectivity index (χ3v) is 5.30. The first kappa shape index (κ1) is 14.0. The summed E-state index contributed by atoms with van der Waals surface area (Å²) < 4.78 is 7.17. The van der Waals surface area contributed by atoms with Crippen LogP contribution < -0.4 is 5.32 Å². The Morgan fingerprint density at radius 3 is 3.05 bits per heavy atom. The van der Waals surface area contributed by atoms with E-state index < -0.39 is 0 Å². The Hall–Kier alpha value is -0.940. The summed E-state index contributed by atoms with van der Waals surface area (Å²) in [6.45, 7) is 6.02. The first-order valence-corrected chi connectivity index (χ1v) is 8.07. The Balaban J connectivity index is 1.68. The Kier molecular flexibility index (Phi) is 4.36. The van der Waals surface area contributed by atoms with Crippen LogP contribution in [0.1, 0.15) is 17.8 Å². The molecular formula is C16H22N2OS. The maximum Gasteiger partial charge on any atom is 0.0826 e. The molecule has 108 valence electrons. The fourth-order valence-corrected chi connectivity index (χ4v) is 3.82. The summed E-state index contributed by atoms with van der Waals surface area (Å²) in [4.78, 5) is 3.82. The number of hydrogen-bond donors (Lipinski definition) is 1. The van der Waals surface area contributed by atoms with E-state index in [1.54, 1.807) is 0 Å². The van der Waals surface area contributed by atoms with E-state index in [0.29, 0.717) is 12.1 Å². The second-order valence-corrected chi connectivity index (χ2v) is 6.61. The van der Waals surface area contributed by atoms with Crippen molar-refractivity contribution in [3.63, 3.8) is 0 Å². The average Bonchev–Trinajstić information content (AvgIpc) is 2.91. The lowest BCUT2D eigenvalue weighted by Gasteiger charge is -2.31. The first-order valence-electron chi connectivity index (χ1n) is 7.25. The molecule has 4 heteroatoms. The predicted molar refractivity (Wildman–Crippen MR) is 85.5 cm³/mol. The SMILES string of the molecule is CC(c1cc2ccccc2s1)N(C)CC1CNCCO1. The molecule has 2 heterocycles. The number of thiophene rings is 1. The van der Waals surface area contributed by atoms with E-state index in [-0.39, 0.29) is 0 Å². The normalized spacial score (nSPS) is 21.4. The van der Waals surface area contributed by atoms with Gasteiger partial charge in [0.15, 0.2) is 0 Å². The van der Waals surface area contributed by atoms with Crippen LogP contribution in [-0.4, -0.2) is 44.3 Å². The summed E-state index contributed by atoms with van der Waals surface area (Å²) in [5, 5.41) is 4.74. The molecule has 3 nitrogen and oxygen atoms in total.